The molecule has 96 valence electrons. The van der Waals surface area contributed by atoms with Crippen molar-refractivity contribution in [3.63, 3.8) is 0 Å². The molecule has 1 aromatic heterocycles. The van der Waals surface area contributed by atoms with E-state index < -0.39 is 0 Å². The van der Waals surface area contributed by atoms with Gasteiger partial charge in [-0.3, -0.25) is 0 Å². The van der Waals surface area contributed by atoms with E-state index in [0.29, 0.717) is 5.92 Å². The van der Waals surface area contributed by atoms with E-state index in [1.165, 1.54) is 31.2 Å². The molecule has 1 unspecified atom stereocenters. The van der Waals surface area contributed by atoms with E-state index in [-0.39, 0.29) is 0 Å². The molecule has 0 amide bonds. The van der Waals surface area contributed by atoms with Gasteiger partial charge in [-0.25, -0.2) is 4.98 Å². The van der Waals surface area contributed by atoms with Gasteiger partial charge in [0.15, 0.2) is 5.89 Å². The first kappa shape index (κ1) is 12.9. The summed E-state index contributed by atoms with van der Waals surface area (Å²) < 4.78 is 5.31. The van der Waals surface area contributed by atoms with E-state index in [9.17, 15) is 0 Å². The first-order valence-electron chi connectivity index (χ1n) is 6.79. The molecule has 0 aliphatic carbocycles. The smallest absolute Gasteiger partial charge is 0.196 e. The van der Waals surface area contributed by atoms with Crippen molar-refractivity contribution in [1.82, 2.24) is 4.98 Å². The minimum absolute atomic E-state index is 0.441. The Hall–Kier alpha value is -1.57. The van der Waals surface area contributed by atoms with Crippen molar-refractivity contribution in [2.45, 2.75) is 44.9 Å². The van der Waals surface area contributed by atoms with Crippen molar-refractivity contribution < 1.29 is 4.42 Å². The van der Waals surface area contributed by atoms with E-state index in [1.807, 2.05) is 0 Å². The lowest BCUT2D eigenvalue weighted by Gasteiger charge is -2.06. The molecule has 0 spiro atoms. The van der Waals surface area contributed by atoms with Crippen LogP contribution in [0.1, 0.15) is 50.0 Å². The summed E-state index contributed by atoms with van der Waals surface area (Å²) in [6.45, 7) is 2.18. The van der Waals surface area contributed by atoms with Gasteiger partial charge in [0.1, 0.15) is 6.26 Å². The van der Waals surface area contributed by atoms with E-state index in [4.69, 9.17) is 4.42 Å². The Labute approximate surface area is 109 Å². The lowest BCUT2D eigenvalue weighted by Crippen LogP contribution is -1.94. The molecule has 0 aliphatic rings. The zero-order chi connectivity index (χ0) is 12.6. The van der Waals surface area contributed by atoms with Crippen LogP contribution in [0.4, 0.5) is 0 Å². The molecular formula is C16H21NO. The van der Waals surface area contributed by atoms with E-state index in [0.717, 1.165) is 12.3 Å². The zero-order valence-electron chi connectivity index (χ0n) is 11.0. The second-order valence-electron chi connectivity index (χ2n) is 4.86. The van der Waals surface area contributed by atoms with Crippen LogP contribution >= 0.6 is 0 Å². The van der Waals surface area contributed by atoms with Crippen LogP contribution in [0.5, 0.6) is 0 Å². The summed E-state index contributed by atoms with van der Waals surface area (Å²) in [5.74, 6) is 1.31. The number of oxazole rings is 1. The summed E-state index contributed by atoms with van der Waals surface area (Å²) in [6.07, 6.45) is 9.52. The van der Waals surface area contributed by atoms with Crippen molar-refractivity contribution >= 4 is 0 Å². The summed E-state index contributed by atoms with van der Waals surface area (Å²) in [5.41, 5.74) is 1.44. The first-order valence-corrected chi connectivity index (χ1v) is 6.79. The summed E-state index contributed by atoms with van der Waals surface area (Å²) in [4.78, 5) is 4.20. The molecule has 0 saturated carbocycles. The molecule has 0 radical (unpaired) electrons. The molecule has 0 bridgehead atoms. The Kier molecular flexibility index (Phi) is 5.00. The largest absolute Gasteiger partial charge is 0.449 e. The fraction of sp³-hybridized carbons (Fsp3) is 0.438. The maximum atomic E-state index is 5.31. The highest BCUT2D eigenvalue weighted by Gasteiger charge is 2.08. The molecule has 1 atom stereocenters. The van der Waals surface area contributed by atoms with Crippen LogP contribution < -0.4 is 0 Å². The van der Waals surface area contributed by atoms with E-state index in [2.05, 4.69) is 42.2 Å². The van der Waals surface area contributed by atoms with Crippen LogP contribution in [0.15, 0.2) is 47.2 Å². The van der Waals surface area contributed by atoms with Crippen LogP contribution in [-0.2, 0) is 6.42 Å². The molecule has 0 fully saturated rings. The average Bonchev–Trinajstić information content (AvgIpc) is 2.93. The SMILES string of the molecule is CC(CCCCCc1ccccc1)c1ncco1. The van der Waals surface area contributed by atoms with Gasteiger partial charge >= 0.3 is 0 Å². The number of hydrogen-bond donors (Lipinski definition) is 0. The minimum Gasteiger partial charge on any atom is -0.449 e. The predicted octanol–water partition coefficient (Wildman–Crippen LogP) is 4.58. The number of aryl methyl sites for hydroxylation is 1. The van der Waals surface area contributed by atoms with Gasteiger partial charge < -0.3 is 4.42 Å². The molecule has 2 aromatic rings. The first-order chi connectivity index (χ1) is 8.86. The molecule has 18 heavy (non-hydrogen) atoms. The highest BCUT2D eigenvalue weighted by molar-refractivity contribution is 5.14. The zero-order valence-corrected chi connectivity index (χ0v) is 11.0. The second kappa shape index (κ2) is 7.00. The van der Waals surface area contributed by atoms with Crippen molar-refractivity contribution in [2.75, 3.05) is 0 Å². The molecular weight excluding hydrogens is 222 g/mol. The molecule has 2 heteroatoms. The highest BCUT2D eigenvalue weighted by atomic mass is 16.3. The minimum atomic E-state index is 0.441. The maximum absolute atomic E-state index is 5.31. The molecule has 2 nitrogen and oxygen atoms in total. The molecule has 2 rings (SSSR count). The molecule has 0 saturated heterocycles. The topological polar surface area (TPSA) is 26.0 Å². The van der Waals surface area contributed by atoms with Crippen molar-refractivity contribution in [1.29, 1.82) is 0 Å². The maximum Gasteiger partial charge on any atom is 0.196 e. The molecule has 1 aromatic carbocycles. The number of rotatable bonds is 7. The van der Waals surface area contributed by atoms with Crippen molar-refractivity contribution in [3.05, 3.63) is 54.2 Å². The molecule has 0 aliphatic heterocycles. The van der Waals surface area contributed by atoms with Gasteiger partial charge in [-0.05, 0) is 24.8 Å². The van der Waals surface area contributed by atoms with Gasteiger partial charge in [0.05, 0.1) is 6.20 Å². The third kappa shape index (κ3) is 4.02. The fourth-order valence-electron chi connectivity index (χ4n) is 2.20. The highest BCUT2D eigenvalue weighted by Crippen LogP contribution is 2.20. The molecule has 1 heterocycles. The van der Waals surface area contributed by atoms with Gasteiger partial charge in [-0.15, -0.1) is 0 Å². The Bertz CT molecular complexity index is 422. The number of nitrogens with zero attached hydrogens (tertiary/aromatic N) is 1. The van der Waals surface area contributed by atoms with Gasteiger partial charge in [-0.2, -0.15) is 0 Å². The van der Waals surface area contributed by atoms with E-state index in [1.54, 1.807) is 12.5 Å². The normalized spacial score (nSPS) is 12.5. The van der Waals surface area contributed by atoms with Gasteiger partial charge in [0.2, 0.25) is 0 Å². The van der Waals surface area contributed by atoms with Crippen LogP contribution in [0.25, 0.3) is 0 Å². The lowest BCUT2D eigenvalue weighted by molar-refractivity contribution is 0.435. The Morgan fingerprint density at radius 2 is 1.94 bits per heavy atom. The van der Waals surface area contributed by atoms with Gasteiger partial charge in [-0.1, -0.05) is 50.1 Å². The summed E-state index contributed by atoms with van der Waals surface area (Å²) >= 11 is 0. The average molecular weight is 243 g/mol. The summed E-state index contributed by atoms with van der Waals surface area (Å²) in [5, 5.41) is 0. The van der Waals surface area contributed by atoms with Crippen LogP contribution in [-0.4, -0.2) is 4.98 Å². The number of benzene rings is 1. The summed E-state index contributed by atoms with van der Waals surface area (Å²) in [6, 6.07) is 10.7. The van der Waals surface area contributed by atoms with Crippen molar-refractivity contribution in [2.24, 2.45) is 0 Å². The predicted molar refractivity (Wildman–Crippen MR) is 73.5 cm³/mol. The monoisotopic (exact) mass is 243 g/mol. The third-order valence-corrected chi connectivity index (χ3v) is 3.32. The number of unbranched alkanes of at least 4 members (excludes halogenated alkanes) is 2. The van der Waals surface area contributed by atoms with Gasteiger partial charge in [0.25, 0.3) is 0 Å². The van der Waals surface area contributed by atoms with Gasteiger partial charge in [0, 0.05) is 5.92 Å². The second-order valence-corrected chi connectivity index (χ2v) is 4.86. The summed E-state index contributed by atoms with van der Waals surface area (Å²) in [7, 11) is 0. The fourth-order valence-corrected chi connectivity index (χ4v) is 2.20. The quantitative estimate of drug-likeness (QED) is 0.665. The standard InChI is InChI=1S/C16H21NO/c1-14(16-17-12-13-18-16)8-4-2-5-9-15-10-6-3-7-11-15/h3,6-7,10-14H,2,4-5,8-9H2,1H3. The Morgan fingerprint density at radius 3 is 2.67 bits per heavy atom. The van der Waals surface area contributed by atoms with Crippen LogP contribution in [0.3, 0.4) is 0 Å². The van der Waals surface area contributed by atoms with Crippen molar-refractivity contribution in [3.8, 4) is 0 Å². The Balaban J connectivity index is 1.59. The third-order valence-electron chi connectivity index (χ3n) is 3.32. The van der Waals surface area contributed by atoms with E-state index >= 15 is 0 Å². The number of hydrogen-bond acceptors (Lipinski definition) is 2. The Morgan fingerprint density at radius 1 is 1.11 bits per heavy atom. The number of aromatic nitrogens is 1. The van der Waals surface area contributed by atoms with Crippen LogP contribution in [0, 0.1) is 0 Å². The van der Waals surface area contributed by atoms with Crippen LogP contribution in [0.2, 0.25) is 0 Å². The lowest BCUT2D eigenvalue weighted by atomic mass is 10.0. The molecule has 0 N–H and O–H groups in total.